The Kier molecular flexibility index (Phi) is 7.09. The minimum absolute atomic E-state index is 0.0252. The van der Waals surface area contributed by atoms with Crippen molar-refractivity contribution in [2.75, 3.05) is 25.0 Å². The molecule has 2 aromatic carbocycles. The maximum atomic E-state index is 13.5. The first-order valence-corrected chi connectivity index (χ1v) is 11.6. The van der Waals surface area contributed by atoms with Crippen molar-refractivity contribution >= 4 is 27.5 Å². The summed E-state index contributed by atoms with van der Waals surface area (Å²) in [6.45, 7) is 4.68. The third-order valence-corrected chi connectivity index (χ3v) is 6.48. The van der Waals surface area contributed by atoms with Crippen LogP contribution in [0.2, 0.25) is 0 Å². The number of amides is 1. The normalized spacial score (nSPS) is 16.2. The molecule has 33 heavy (non-hydrogen) atoms. The van der Waals surface area contributed by atoms with Crippen LogP contribution in [0.25, 0.3) is 11.3 Å². The van der Waals surface area contributed by atoms with Gasteiger partial charge in [-0.1, -0.05) is 0 Å². The van der Waals surface area contributed by atoms with Crippen LogP contribution in [0.5, 0.6) is 5.75 Å². The largest absolute Gasteiger partial charge is 0.492 e. The van der Waals surface area contributed by atoms with E-state index in [2.05, 4.69) is 38.2 Å². The number of hydrogen-bond donors (Lipinski definition) is 1. The number of aromatic nitrogens is 2. The molecule has 0 bridgehead atoms. The Morgan fingerprint density at radius 1 is 1.24 bits per heavy atom. The van der Waals surface area contributed by atoms with E-state index < -0.39 is 17.5 Å². The molecular weight excluding hydrogens is 494 g/mol. The molecule has 1 aromatic heterocycles. The van der Waals surface area contributed by atoms with Crippen LogP contribution in [0.3, 0.4) is 0 Å². The van der Waals surface area contributed by atoms with Gasteiger partial charge in [-0.15, -0.1) is 0 Å². The highest BCUT2D eigenvalue weighted by Crippen LogP contribution is 2.37. The monoisotopic (exact) mass is 518 g/mol. The average Bonchev–Trinajstić information content (AvgIpc) is 3.35. The maximum absolute atomic E-state index is 13.5. The van der Waals surface area contributed by atoms with E-state index in [1.807, 2.05) is 7.05 Å². The standard InChI is InChI=1S/C24H25BrF2N4O2/c1-15-4-3-9-31(15)10-11-33-22-8-6-17(13-18(22)23-19(25)14-28-30(23)2)29-24(32)16-5-7-20(26)21(27)12-16/h5-8,12-15H,3-4,9-11H2,1-2H3,(H,29,32). The smallest absolute Gasteiger partial charge is 0.255 e. The predicted octanol–water partition coefficient (Wildman–Crippen LogP) is 5.24. The average molecular weight is 519 g/mol. The first-order valence-electron chi connectivity index (χ1n) is 10.8. The Hall–Kier alpha value is -2.78. The second kappa shape index (κ2) is 10.0. The zero-order chi connectivity index (χ0) is 23.5. The summed E-state index contributed by atoms with van der Waals surface area (Å²) in [4.78, 5) is 15.0. The van der Waals surface area contributed by atoms with E-state index in [1.54, 1.807) is 29.1 Å². The van der Waals surface area contributed by atoms with Gasteiger partial charge in [0.2, 0.25) is 0 Å². The van der Waals surface area contributed by atoms with E-state index >= 15 is 0 Å². The molecule has 1 aliphatic rings. The van der Waals surface area contributed by atoms with Crippen LogP contribution in [-0.2, 0) is 7.05 Å². The number of anilines is 1. The number of nitrogens with one attached hydrogen (secondary N) is 1. The fraction of sp³-hybridized carbons (Fsp3) is 0.333. The molecule has 0 aliphatic carbocycles. The Morgan fingerprint density at radius 3 is 2.73 bits per heavy atom. The van der Waals surface area contributed by atoms with Crippen LogP contribution >= 0.6 is 15.9 Å². The van der Waals surface area contributed by atoms with E-state index in [1.165, 1.54) is 18.9 Å². The molecule has 1 fully saturated rings. The Morgan fingerprint density at radius 2 is 2.06 bits per heavy atom. The van der Waals surface area contributed by atoms with E-state index in [4.69, 9.17) is 4.74 Å². The van der Waals surface area contributed by atoms with Gasteiger partial charge in [-0.3, -0.25) is 14.4 Å². The van der Waals surface area contributed by atoms with Crippen LogP contribution in [0.1, 0.15) is 30.1 Å². The third kappa shape index (κ3) is 5.25. The summed E-state index contributed by atoms with van der Waals surface area (Å²) >= 11 is 3.53. The number of hydrogen-bond acceptors (Lipinski definition) is 4. The zero-order valence-corrected chi connectivity index (χ0v) is 20.0. The minimum Gasteiger partial charge on any atom is -0.492 e. The number of carbonyl (C=O) groups excluding carboxylic acids is 1. The van der Waals surface area contributed by atoms with E-state index in [0.29, 0.717) is 24.1 Å². The van der Waals surface area contributed by atoms with Gasteiger partial charge in [0.05, 0.1) is 16.4 Å². The quantitative estimate of drug-likeness (QED) is 0.464. The Balaban J connectivity index is 1.57. The summed E-state index contributed by atoms with van der Waals surface area (Å²) in [5, 5.41) is 7.03. The number of likely N-dealkylation sites (tertiary alicyclic amines) is 1. The minimum atomic E-state index is -1.07. The lowest BCUT2D eigenvalue weighted by atomic mass is 10.1. The molecule has 1 atom stereocenters. The number of aryl methyl sites for hydroxylation is 1. The fourth-order valence-electron chi connectivity index (χ4n) is 4.07. The summed E-state index contributed by atoms with van der Waals surface area (Å²) in [6.07, 6.45) is 4.11. The molecule has 0 radical (unpaired) electrons. The lowest BCUT2D eigenvalue weighted by Gasteiger charge is -2.21. The molecule has 0 saturated carbocycles. The molecule has 2 heterocycles. The van der Waals surface area contributed by atoms with Crippen molar-refractivity contribution in [1.82, 2.24) is 14.7 Å². The summed E-state index contributed by atoms with van der Waals surface area (Å²) < 4.78 is 35.4. The van der Waals surface area contributed by atoms with Crippen LogP contribution < -0.4 is 10.1 Å². The van der Waals surface area contributed by atoms with Crippen molar-refractivity contribution in [1.29, 1.82) is 0 Å². The van der Waals surface area contributed by atoms with Gasteiger partial charge in [0.25, 0.3) is 5.91 Å². The Bertz CT molecular complexity index is 1150. The molecule has 4 rings (SSSR count). The predicted molar refractivity (Wildman–Crippen MR) is 126 cm³/mol. The highest BCUT2D eigenvalue weighted by Gasteiger charge is 2.21. The maximum Gasteiger partial charge on any atom is 0.255 e. The van der Waals surface area contributed by atoms with Gasteiger partial charge in [0.15, 0.2) is 11.6 Å². The first-order chi connectivity index (χ1) is 15.8. The van der Waals surface area contributed by atoms with Crippen LogP contribution in [0.4, 0.5) is 14.5 Å². The zero-order valence-electron chi connectivity index (χ0n) is 18.4. The number of ether oxygens (including phenoxy) is 1. The molecule has 1 saturated heterocycles. The SMILES string of the molecule is CC1CCCN1CCOc1ccc(NC(=O)c2ccc(F)c(F)c2)cc1-c1c(Br)cnn1C. The topological polar surface area (TPSA) is 59.4 Å². The number of carbonyl (C=O) groups is 1. The van der Waals surface area contributed by atoms with Crippen LogP contribution in [0.15, 0.2) is 47.1 Å². The van der Waals surface area contributed by atoms with Gasteiger partial charge < -0.3 is 10.1 Å². The van der Waals surface area contributed by atoms with Crippen molar-refractivity contribution in [3.63, 3.8) is 0 Å². The highest BCUT2D eigenvalue weighted by atomic mass is 79.9. The van der Waals surface area contributed by atoms with Crippen molar-refractivity contribution < 1.29 is 18.3 Å². The molecule has 1 N–H and O–H groups in total. The molecule has 3 aromatic rings. The second-order valence-corrected chi connectivity index (χ2v) is 8.99. The number of nitrogens with zero attached hydrogens (tertiary/aromatic N) is 3. The van der Waals surface area contributed by atoms with Crippen molar-refractivity contribution in [2.45, 2.75) is 25.8 Å². The molecule has 174 valence electrons. The molecule has 6 nitrogen and oxygen atoms in total. The molecule has 1 unspecified atom stereocenters. The Labute approximate surface area is 199 Å². The van der Waals surface area contributed by atoms with Crippen molar-refractivity contribution in [2.24, 2.45) is 7.05 Å². The molecule has 9 heteroatoms. The highest BCUT2D eigenvalue weighted by molar-refractivity contribution is 9.10. The number of halogens is 3. The summed E-state index contributed by atoms with van der Waals surface area (Å²) in [5.41, 5.74) is 2.06. The summed E-state index contributed by atoms with van der Waals surface area (Å²) in [6, 6.07) is 8.91. The number of rotatable bonds is 7. The lowest BCUT2D eigenvalue weighted by Crippen LogP contribution is -2.31. The van der Waals surface area contributed by atoms with Crippen molar-refractivity contribution in [3.8, 4) is 17.0 Å². The second-order valence-electron chi connectivity index (χ2n) is 8.13. The van der Waals surface area contributed by atoms with Gasteiger partial charge in [-0.05, 0) is 78.6 Å². The molecular formula is C24H25BrF2N4O2. The van der Waals surface area contributed by atoms with Gasteiger partial charge in [0.1, 0.15) is 12.4 Å². The molecule has 0 spiro atoms. The molecule has 1 aliphatic heterocycles. The lowest BCUT2D eigenvalue weighted by molar-refractivity contribution is 0.102. The van der Waals surface area contributed by atoms with Gasteiger partial charge >= 0.3 is 0 Å². The third-order valence-electron chi connectivity index (χ3n) is 5.90. The van der Waals surface area contributed by atoms with Gasteiger partial charge in [-0.2, -0.15) is 5.10 Å². The van der Waals surface area contributed by atoms with Gasteiger partial charge in [-0.25, -0.2) is 8.78 Å². The van der Waals surface area contributed by atoms with E-state index in [-0.39, 0.29) is 5.56 Å². The van der Waals surface area contributed by atoms with E-state index in [0.717, 1.165) is 41.0 Å². The van der Waals surface area contributed by atoms with Gasteiger partial charge in [0, 0.05) is 36.4 Å². The molecule has 1 amide bonds. The van der Waals surface area contributed by atoms with E-state index in [9.17, 15) is 13.6 Å². The number of benzene rings is 2. The fourth-order valence-corrected chi connectivity index (χ4v) is 4.63. The first kappa shape index (κ1) is 23.4. The van der Waals surface area contributed by atoms with Crippen LogP contribution in [0, 0.1) is 11.6 Å². The van der Waals surface area contributed by atoms with Crippen LogP contribution in [-0.4, -0.2) is 46.3 Å². The summed E-state index contributed by atoms with van der Waals surface area (Å²) in [7, 11) is 1.82. The van der Waals surface area contributed by atoms with Crippen molar-refractivity contribution in [3.05, 3.63) is 64.3 Å². The summed E-state index contributed by atoms with van der Waals surface area (Å²) in [5.74, 6) is -1.95.